The van der Waals surface area contributed by atoms with Gasteiger partial charge in [-0.25, -0.2) is 8.42 Å². The van der Waals surface area contributed by atoms with Crippen LogP contribution in [0.3, 0.4) is 0 Å². The molecule has 3 N–H and O–H groups in total. The first-order valence-corrected chi connectivity index (χ1v) is 17.5. The van der Waals surface area contributed by atoms with Crippen molar-refractivity contribution in [1.82, 2.24) is 14.9 Å². The van der Waals surface area contributed by atoms with Crippen molar-refractivity contribution in [3.05, 3.63) is 126 Å². The third kappa shape index (κ3) is 9.26. The normalized spacial score (nSPS) is 20.1. The highest BCUT2D eigenvalue weighted by molar-refractivity contribution is 7.89. The average Bonchev–Trinajstić information content (AvgIpc) is 3.61. The quantitative estimate of drug-likeness (QED) is 0.196. The van der Waals surface area contributed by atoms with Crippen LogP contribution in [0.15, 0.2) is 114 Å². The van der Waals surface area contributed by atoms with E-state index in [1.165, 1.54) is 24.3 Å². The number of sulfonamides is 1. The van der Waals surface area contributed by atoms with E-state index in [1.807, 2.05) is 67.6 Å². The monoisotopic (exact) mass is 657 g/mol. The number of nitrogens with one attached hydrogen (secondary N) is 2. The molecule has 3 aromatic carbocycles. The van der Waals surface area contributed by atoms with E-state index in [-0.39, 0.29) is 35.9 Å². The minimum Gasteiger partial charge on any atom is -0.508 e. The lowest BCUT2D eigenvalue weighted by Gasteiger charge is -2.35. The number of rotatable bonds is 15. The van der Waals surface area contributed by atoms with E-state index in [1.54, 1.807) is 18.2 Å². The number of carbonyl (C=O) groups is 2. The van der Waals surface area contributed by atoms with Gasteiger partial charge in [0.1, 0.15) is 18.4 Å². The molecule has 0 spiro atoms. The fourth-order valence-corrected chi connectivity index (χ4v) is 7.33. The SMILES string of the molecule is Cc1ccc(S(=O)(=O)N[C@@H](CC2(C(=O)[C@@H]3CCCN3)C=CC(O)=CC2)C(=O)OCCN(Cc2ccccc2)Cc2ccccc2)cc1. The van der Waals surface area contributed by atoms with Gasteiger partial charge in [0.05, 0.1) is 16.4 Å². The number of aryl methyl sites for hydroxylation is 1. The summed E-state index contributed by atoms with van der Waals surface area (Å²) >= 11 is 0. The summed E-state index contributed by atoms with van der Waals surface area (Å²) in [6.45, 7) is 4.23. The molecule has 0 saturated carbocycles. The maximum atomic E-state index is 14.0. The molecule has 9 nitrogen and oxygen atoms in total. The number of ketones is 1. The van der Waals surface area contributed by atoms with Gasteiger partial charge in [-0.2, -0.15) is 4.72 Å². The maximum Gasteiger partial charge on any atom is 0.324 e. The summed E-state index contributed by atoms with van der Waals surface area (Å²) in [4.78, 5) is 30.0. The van der Waals surface area contributed by atoms with Crippen LogP contribution in [0.5, 0.6) is 0 Å². The van der Waals surface area contributed by atoms with Gasteiger partial charge in [0.15, 0.2) is 5.78 Å². The maximum absolute atomic E-state index is 14.0. The third-order valence-corrected chi connectivity index (χ3v) is 10.2. The van der Waals surface area contributed by atoms with Crippen LogP contribution >= 0.6 is 0 Å². The van der Waals surface area contributed by atoms with Crippen molar-refractivity contribution < 1.29 is 27.9 Å². The van der Waals surface area contributed by atoms with Crippen LogP contribution in [0, 0.1) is 12.3 Å². The number of hydrogen-bond donors (Lipinski definition) is 3. The zero-order chi connectivity index (χ0) is 33.3. The van der Waals surface area contributed by atoms with Crippen LogP contribution in [0.25, 0.3) is 0 Å². The first-order valence-electron chi connectivity index (χ1n) is 16.1. The van der Waals surface area contributed by atoms with Gasteiger partial charge in [0.2, 0.25) is 10.0 Å². The summed E-state index contributed by atoms with van der Waals surface area (Å²) < 4.78 is 35.5. The fourth-order valence-electron chi connectivity index (χ4n) is 6.14. The molecule has 1 aliphatic heterocycles. The van der Waals surface area contributed by atoms with Crippen molar-refractivity contribution in [3.8, 4) is 0 Å². The van der Waals surface area contributed by atoms with Crippen LogP contribution in [0.4, 0.5) is 0 Å². The lowest BCUT2D eigenvalue weighted by molar-refractivity contribution is -0.147. The molecule has 0 amide bonds. The highest BCUT2D eigenvalue weighted by atomic mass is 32.2. The number of carbonyl (C=O) groups excluding carboxylic acids is 2. The van der Waals surface area contributed by atoms with Crippen LogP contribution in [-0.4, -0.2) is 62.0 Å². The molecule has 10 heteroatoms. The molecule has 1 heterocycles. The lowest BCUT2D eigenvalue weighted by atomic mass is 9.70. The number of hydrogen-bond acceptors (Lipinski definition) is 8. The predicted octanol–water partition coefficient (Wildman–Crippen LogP) is 4.99. The van der Waals surface area contributed by atoms with E-state index in [4.69, 9.17) is 4.74 Å². The van der Waals surface area contributed by atoms with Crippen LogP contribution in [-0.2, 0) is 37.4 Å². The number of ether oxygens (including phenoxy) is 1. The second-order valence-electron chi connectivity index (χ2n) is 12.4. The largest absolute Gasteiger partial charge is 0.508 e. The van der Waals surface area contributed by atoms with Gasteiger partial charge < -0.3 is 15.2 Å². The summed E-state index contributed by atoms with van der Waals surface area (Å²) in [6.07, 6.45) is 6.04. The molecule has 1 saturated heterocycles. The van der Waals surface area contributed by atoms with E-state index < -0.39 is 33.5 Å². The van der Waals surface area contributed by atoms with Gasteiger partial charge in [0, 0.05) is 19.6 Å². The number of allylic oxidation sites excluding steroid dienone is 3. The molecule has 0 bridgehead atoms. The van der Waals surface area contributed by atoms with E-state index in [9.17, 15) is 23.1 Å². The van der Waals surface area contributed by atoms with E-state index in [2.05, 4.69) is 14.9 Å². The van der Waals surface area contributed by atoms with Crippen LogP contribution < -0.4 is 10.0 Å². The zero-order valence-electron chi connectivity index (χ0n) is 26.7. The topological polar surface area (TPSA) is 125 Å². The minimum absolute atomic E-state index is 0.00681. The van der Waals surface area contributed by atoms with E-state index in [0.29, 0.717) is 32.6 Å². The molecule has 0 radical (unpaired) electrons. The Morgan fingerprint density at radius 2 is 1.64 bits per heavy atom. The summed E-state index contributed by atoms with van der Waals surface area (Å²) in [7, 11) is -4.15. The summed E-state index contributed by atoms with van der Waals surface area (Å²) in [5.41, 5.74) is 1.89. The third-order valence-electron chi connectivity index (χ3n) is 8.75. The highest BCUT2D eigenvalue weighted by Crippen LogP contribution is 2.38. The number of esters is 1. The number of nitrogens with zero attached hydrogens (tertiary/aromatic N) is 1. The van der Waals surface area contributed by atoms with Gasteiger partial charge in [0.25, 0.3) is 0 Å². The van der Waals surface area contributed by atoms with Crippen LogP contribution in [0.2, 0.25) is 0 Å². The summed E-state index contributed by atoms with van der Waals surface area (Å²) in [5, 5.41) is 13.3. The molecule has 248 valence electrons. The molecule has 1 aliphatic carbocycles. The van der Waals surface area contributed by atoms with Gasteiger partial charge in [-0.3, -0.25) is 14.5 Å². The number of aliphatic hydroxyl groups excluding tert-OH is 1. The first-order chi connectivity index (χ1) is 22.6. The van der Waals surface area contributed by atoms with Gasteiger partial charge in [-0.1, -0.05) is 84.4 Å². The molecule has 2 aliphatic rings. The van der Waals surface area contributed by atoms with Gasteiger partial charge >= 0.3 is 5.97 Å². The smallest absolute Gasteiger partial charge is 0.324 e. The highest BCUT2D eigenvalue weighted by Gasteiger charge is 2.45. The Bertz CT molecular complexity index is 1630. The Labute approximate surface area is 277 Å². The molecule has 3 aromatic rings. The Morgan fingerprint density at radius 1 is 1.00 bits per heavy atom. The second kappa shape index (κ2) is 15.7. The van der Waals surface area contributed by atoms with Crippen molar-refractivity contribution in [1.29, 1.82) is 0 Å². The number of aliphatic hydroxyl groups is 1. The van der Waals surface area contributed by atoms with E-state index in [0.717, 1.165) is 23.1 Å². The standard InChI is InChI=1S/C37H43N3O6S/c1-28-14-16-32(17-15-28)47(44,45)39-34(25-37(20-18-31(41)19-21-37)35(42)33-13-8-22-38-33)36(43)46-24-23-40(26-29-9-4-2-5-10-29)27-30-11-6-3-7-12-30/h2-7,9-12,14-20,33-34,38-39,41H,8,13,21-27H2,1H3/t33-,34-,37?/m0/s1. The summed E-state index contributed by atoms with van der Waals surface area (Å²) in [6, 6.07) is 24.6. The van der Waals surface area contributed by atoms with Gasteiger partial charge in [-0.05, 0) is 74.6 Å². The lowest BCUT2D eigenvalue weighted by Crippen LogP contribution is -2.50. The molecular formula is C37H43N3O6S. The van der Waals surface area contributed by atoms with Crippen molar-refractivity contribution in [3.63, 3.8) is 0 Å². The molecule has 0 aromatic heterocycles. The zero-order valence-corrected chi connectivity index (χ0v) is 27.5. The van der Waals surface area contributed by atoms with Crippen molar-refractivity contribution in [2.24, 2.45) is 5.41 Å². The molecule has 1 unspecified atom stereocenters. The summed E-state index contributed by atoms with van der Waals surface area (Å²) in [5.74, 6) is -0.887. The Kier molecular flexibility index (Phi) is 11.4. The number of benzene rings is 3. The molecule has 3 atom stereocenters. The Morgan fingerprint density at radius 3 is 2.19 bits per heavy atom. The molecule has 5 rings (SSSR count). The predicted molar refractivity (Wildman–Crippen MR) is 181 cm³/mol. The van der Waals surface area contributed by atoms with E-state index >= 15 is 0 Å². The second-order valence-corrected chi connectivity index (χ2v) is 14.1. The van der Waals surface area contributed by atoms with Crippen molar-refractivity contribution in [2.75, 3.05) is 19.7 Å². The van der Waals surface area contributed by atoms with Crippen LogP contribution in [0.1, 0.15) is 42.4 Å². The molecule has 47 heavy (non-hydrogen) atoms. The minimum atomic E-state index is -4.15. The fraction of sp³-hybridized carbons (Fsp3) is 0.351. The average molecular weight is 658 g/mol. The Hall–Kier alpha value is -4.09. The van der Waals surface area contributed by atoms with Crippen molar-refractivity contribution >= 4 is 21.8 Å². The number of Topliss-reactive ketones (excluding diaryl/α,β-unsaturated/α-hetero) is 1. The molecular weight excluding hydrogens is 614 g/mol. The Balaban J connectivity index is 1.36. The molecule has 1 fully saturated rings. The first kappa shape index (κ1) is 34.3. The van der Waals surface area contributed by atoms with Crippen molar-refractivity contribution in [2.45, 2.75) is 62.7 Å². The van der Waals surface area contributed by atoms with Gasteiger partial charge in [-0.15, -0.1) is 0 Å².